The highest BCUT2D eigenvalue weighted by atomic mass is 32.2. The van der Waals surface area contributed by atoms with E-state index in [1.165, 1.54) is 17.3 Å². The van der Waals surface area contributed by atoms with E-state index in [9.17, 15) is 9.59 Å². The molecular formula is C23H30N2O3S. The fourth-order valence-corrected chi connectivity index (χ4v) is 4.74. The third-order valence-electron chi connectivity index (χ3n) is 5.18. The molecule has 1 amide bonds. The van der Waals surface area contributed by atoms with Crippen molar-refractivity contribution in [1.29, 1.82) is 0 Å². The second kappa shape index (κ2) is 7.98. The van der Waals surface area contributed by atoms with Crippen molar-refractivity contribution < 1.29 is 14.3 Å². The number of carbonyl (C=O) groups is 2. The number of benzene rings is 1. The Morgan fingerprint density at radius 2 is 1.86 bits per heavy atom. The van der Waals surface area contributed by atoms with Gasteiger partial charge >= 0.3 is 5.97 Å². The third kappa shape index (κ3) is 4.13. The molecular weight excluding hydrogens is 384 g/mol. The van der Waals surface area contributed by atoms with Gasteiger partial charge in [0.2, 0.25) is 5.91 Å². The molecule has 1 aromatic carbocycles. The molecule has 0 bridgehead atoms. The predicted molar refractivity (Wildman–Crippen MR) is 118 cm³/mol. The van der Waals surface area contributed by atoms with Gasteiger partial charge in [0.1, 0.15) is 0 Å². The zero-order valence-electron chi connectivity index (χ0n) is 18.3. The van der Waals surface area contributed by atoms with Gasteiger partial charge in [0, 0.05) is 0 Å². The Hall–Kier alpha value is -2.08. The van der Waals surface area contributed by atoms with Crippen LogP contribution in [0.15, 0.2) is 40.5 Å². The van der Waals surface area contributed by atoms with Crippen molar-refractivity contribution >= 4 is 28.8 Å². The van der Waals surface area contributed by atoms with Crippen LogP contribution in [0.3, 0.4) is 0 Å². The minimum atomic E-state index is -0.515. The summed E-state index contributed by atoms with van der Waals surface area (Å²) in [5, 5.41) is 0.503. The summed E-state index contributed by atoms with van der Waals surface area (Å²) in [5.74, 6) is -0.411. The molecule has 0 aromatic heterocycles. The molecule has 1 saturated heterocycles. The molecule has 0 unspecified atom stereocenters. The van der Waals surface area contributed by atoms with Crippen molar-refractivity contribution in [1.82, 2.24) is 4.90 Å². The van der Waals surface area contributed by atoms with Crippen molar-refractivity contribution in [3.05, 3.63) is 46.7 Å². The van der Waals surface area contributed by atoms with Crippen LogP contribution >= 0.6 is 11.8 Å². The number of hydrogen-bond donors (Lipinski definition) is 0. The summed E-state index contributed by atoms with van der Waals surface area (Å²) in [7, 11) is 0. The number of esters is 1. The van der Waals surface area contributed by atoms with Gasteiger partial charge in [-0.05, 0) is 43.7 Å². The topological polar surface area (TPSA) is 59.0 Å². The molecule has 0 radical (unpaired) electrons. The number of amides is 1. The van der Waals surface area contributed by atoms with Crippen LogP contribution in [0.5, 0.6) is 0 Å². The van der Waals surface area contributed by atoms with E-state index in [0.717, 1.165) is 12.0 Å². The number of thioether (sulfide) groups is 1. The molecule has 0 N–H and O–H groups in total. The minimum absolute atomic E-state index is 0.00324. The number of ether oxygens (including phenoxy) is 1. The zero-order chi connectivity index (χ0) is 21.5. The van der Waals surface area contributed by atoms with Gasteiger partial charge in [0.25, 0.3) is 0 Å². The summed E-state index contributed by atoms with van der Waals surface area (Å²) in [5.41, 5.74) is 3.17. The number of carbonyl (C=O) groups excluding carboxylic acids is 2. The van der Waals surface area contributed by atoms with Gasteiger partial charge < -0.3 is 4.74 Å². The predicted octanol–water partition coefficient (Wildman–Crippen LogP) is 4.97. The molecule has 156 valence electrons. The maximum Gasteiger partial charge on any atom is 0.338 e. The first kappa shape index (κ1) is 21.6. The van der Waals surface area contributed by atoms with E-state index >= 15 is 0 Å². The van der Waals surface area contributed by atoms with E-state index in [-0.39, 0.29) is 22.7 Å². The van der Waals surface area contributed by atoms with Crippen LogP contribution < -0.4 is 0 Å². The molecule has 1 aromatic rings. The maximum atomic E-state index is 13.1. The van der Waals surface area contributed by atoms with Gasteiger partial charge in [-0.3, -0.25) is 9.69 Å². The SMILES string of the molecule is CC[C@@H]1SC2=NC(C)=C(C(=O)OC(C)C)[C@@H](c3ccc(C(C)(C)C)cc3)N2C1=O. The van der Waals surface area contributed by atoms with E-state index in [1.54, 1.807) is 4.90 Å². The highest BCUT2D eigenvalue weighted by Gasteiger charge is 2.47. The van der Waals surface area contributed by atoms with E-state index in [1.807, 2.05) is 39.8 Å². The van der Waals surface area contributed by atoms with Crippen molar-refractivity contribution in [3.8, 4) is 0 Å². The Bertz CT molecular complexity index is 878. The monoisotopic (exact) mass is 414 g/mol. The number of rotatable bonds is 4. The second-order valence-corrected chi connectivity index (χ2v) is 10.0. The number of allylic oxidation sites excluding steroid dienone is 1. The highest BCUT2D eigenvalue weighted by molar-refractivity contribution is 8.15. The largest absolute Gasteiger partial charge is 0.459 e. The fourth-order valence-electron chi connectivity index (χ4n) is 3.61. The Labute approximate surface area is 177 Å². The Kier molecular flexibility index (Phi) is 5.95. The van der Waals surface area contributed by atoms with E-state index in [2.05, 4.69) is 37.9 Å². The zero-order valence-corrected chi connectivity index (χ0v) is 19.1. The van der Waals surface area contributed by atoms with Crippen LogP contribution in [0, 0.1) is 0 Å². The Morgan fingerprint density at radius 1 is 1.24 bits per heavy atom. The van der Waals surface area contributed by atoms with Crippen molar-refractivity contribution in [2.24, 2.45) is 4.99 Å². The lowest BCUT2D eigenvalue weighted by Crippen LogP contribution is -2.41. The smallest absolute Gasteiger partial charge is 0.338 e. The molecule has 1 fully saturated rings. The Balaban J connectivity index is 2.11. The van der Waals surface area contributed by atoms with Gasteiger partial charge in [0.05, 0.1) is 28.7 Å². The standard InChI is InChI=1S/C23H30N2O3S/c1-8-17-20(26)25-19(15-9-11-16(12-10-15)23(5,6)7)18(21(27)28-13(2)3)14(4)24-22(25)29-17/h9-13,17,19H,8H2,1-7H3/t17-,19+/m0/s1. The molecule has 2 aliphatic heterocycles. The van der Waals surface area contributed by atoms with Crippen molar-refractivity contribution in [2.75, 3.05) is 0 Å². The highest BCUT2D eigenvalue weighted by Crippen LogP contribution is 2.44. The van der Waals surface area contributed by atoms with Crippen molar-refractivity contribution in [2.45, 2.75) is 77.7 Å². The second-order valence-electron chi connectivity index (χ2n) is 8.85. The molecule has 5 nitrogen and oxygen atoms in total. The summed E-state index contributed by atoms with van der Waals surface area (Å²) < 4.78 is 5.52. The average molecular weight is 415 g/mol. The van der Waals surface area contributed by atoms with Crippen LogP contribution in [0.2, 0.25) is 0 Å². The van der Waals surface area contributed by atoms with Crippen LogP contribution in [0.4, 0.5) is 0 Å². The molecule has 2 aliphatic rings. The first-order valence-electron chi connectivity index (χ1n) is 10.1. The van der Waals surface area contributed by atoms with Gasteiger partial charge in [-0.1, -0.05) is 63.7 Å². The molecule has 29 heavy (non-hydrogen) atoms. The van der Waals surface area contributed by atoms with Gasteiger partial charge in [-0.2, -0.15) is 0 Å². The Morgan fingerprint density at radius 3 is 2.38 bits per heavy atom. The summed E-state index contributed by atoms with van der Waals surface area (Å²) in [6.45, 7) is 13.9. The number of fused-ring (bicyclic) bond motifs is 1. The van der Waals surface area contributed by atoms with Gasteiger partial charge in [-0.15, -0.1) is 0 Å². The lowest BCUT2D eigenvalue weighted by atomic mass is 9.85. The average Bonchev–Trinajstić information content (AvgIpc) is 2.94. The number of amidine groups is 1. The lowest BCUT2D eigenvalue weighted by molar-refractivity contribution is -0.143. The number of nitrogens with zero attached hydrogens (tertiary/aromatic N) is 2. The van der Waals surface area contributed by atoms with Crippen LogP contribution in [-0.4, -0.2) is 33.3 Å². The molecule has 0 saturated carbocycles. The lowest BCUT2D eigenvalue weighted by Gasteiger charge is -2.33. The summed E-state index contributed by atoms with van der Waals surface area (Å²) >= 11 is 1.48. The normalized spacial score (nSPS) is 22.1. The fraction of sp³-hybridized carbons (Fsp3) is 0.522. The molecule has 2 heterocycles. The minimum Gasteiger partial charge on any atom is -0.459 e. The quantitative estimate of drug-likeness (QED) is 0.653. The molecule has 3 rings (SSSR count). The first-order chi connectivity index (χ1) is 13.5. The number of aliphatic imine (C=N–C) groups is 1. The van der Waals surface area contributed by atoms with Gasteiger partial charge in [-0.25, -0.2) is 9.79 Å². The molecule has 6 heteroatoms. The van der Waals surface area contributed by atoms with Crippen LogP contribution in [0.25, 0.3) is 0 Å². The van der Waals surface area contributed by atoms with E-state index in [0.29, 0.717) is 16.4 Å². The molecule has 2 atom stereocenters. The summed E-state index contributed by atoms with van der Waals surface area (Å²) in [4.78, 5) is 32.4. The van der Waals surface area contributed by atoms with Crippen LogP contribution in [0.1, 0.15) is 72.1 Å². The molecule has 0 aliphatic carbocycles. The third-order valence-corrected chi connectivity index (χ3v) is 6.50. The maximum absolute atomic E-state index is 13.1. The van der Waals surface area contributed by atoms with Crippen LogP contribution in [-0.2, 0) is 19.7 Å². The summed E-state index contributed by atoms with van der Waals surface area (Å²) in [6.07, 6.45) is 0.476. The van der Waals surface area contributed by atoms with E-state index < -0.39 is 12.0 Å². The molecule has 0 spiro atoms. The van der Waals surface area contributed by atoms with Crippen molar-refractivity contribution in [3.63, 3.8) is 0 Å². The van der Waals surface area contributed by atoms with Gasteiger partial charge in [0.15, 0.2) is 5.17 Å². The number of hydrogen-bond acceptors (Lipinski definition) is 5. The van der Waals surface area contributed by atoms with E-state index in [4.69, 9.17) is 4.74 Å². The first-order valence-corrected chi connectivity index (χ1v) is 11.0. The summed E-state index contributed by atoms with van der Waals surface area (Å²) in [6, 6.07) is 7.67.